The smallest absolute Gasteiger partial charge is 0.320 e. The number of carboxylic acids is 1. The minimum atomic E-state index is -0.918. The second-order valence-corrected chi connectivity index (χ2v) is 5.98. The van der Waals surface area contributed by atoms with Crippen molar-refractivity contribution in [1.82, 2.24) is 5.32 Å². The summed E-state index contributed by atoms with van der Waals surface area (Å²) in [6, 6.07) is 15.8. The van der Waals surface area contributed by atoms with E-state index in [2.05, 4.69) is 10.6 Å². The van der Waals surface area contributed by atoms with Crippen LogP contribution in [0.5, 0.6) is 5.75 Å². The maximum absolute atomic E-state index is 12.2. The zero-order valence-corrected chi connectivity index (χ0v) is 13.6. The first kappa shape index (κ1) is 17.0. The molecule has 1 heterocycles. The molecule has 0 spiro atoms. The molecule has 1 amide bonds. The van der Waals surface area contributed by atoms with Gasteiger partial charge in [-0.15, -0.1) is 0 Å². The highest BCUT2D eigenvalue weighted by atomic mass is 16.5. The van der Waals surface area contributed by atoms with Gasteiger partial charge in [0.2, 0.25) is 5.91 Å². The lowest BCUT2D eigenvalue weighted by molar-refractivity contribution is -0.139. The number of amides is 1. The molecular weight excluding hydrogens is 320 g/mol. The Kier molecular flexibility index (Phi) is 5.30. The summed E-state index contributed by atoms with van der Waals surface area (Å²) >= 11 is 0. The molecule has 25 heavy (non-hydrogen) atoms. The van der Waals surface area contributed by atoms with Gasteiger partial charge in [0.05, 0.1) is 6.04 Å². The third-order valence-corrected chi connectivity index (χ3v) is 4.13. The Bertz CT molecular complexity index is 731. The van der Waals surface area contributed by atoms with Gasteiger partial charge < -0.3 is 15.2 Å². The summed E-state index contributed by atoms with van der Waals surface area (Å²) in [5, 5.41) is 14.6. The molecule has 3 rings (SSSR count). The fraction of sp³-hybridized carbons (Fsp3) is 0.263. The van der Waals surface area contributed by atoms with Gasteiger partial charge in [0.1, 0.15) is 18.4 Å². The number of anilines is 1. The molecule has 6 nitrogen and oxygen atoms in total. The Morgan fingerprint density at radius 2 is 1.72 bits per heavy atom. The van der Waals surface area contributed by atoms with Crippen LogP contribution in [0.15, 0.2) is 54.6 Å². The fourth-order valence-electron chi connectivity index (χ4n) is 2.74. The number of carboxylic acid groups (broad SMARTS) is 1. The van der Waals surface area contributed by atoms with Gasteiger partial charge in [0.25, 0.3) is 0 Å². The zero-order valence-electron chi connectivity index (χ0n) is 13.6. The van der Waals surface area contributed by atoms with Crippen molar-refractivity contribution in [3.05, 3.63) is 60.2 Å². The number of carbonyl (C=O) groups excluding carboxylic acids is 1. The molecule has 1 aliphatic rings. The molecule has 0 aliphatic carbocycles. The van der Waals surface area contributed by atoms with Crippen molar-refractivity contribution in [2.24, 2.45) is 0 Å². The van der Waals surface area contributed by atoms with Crippen LogP contribution in [0.2, 0.25) is 0 Å². The van der Waals surface area contributed by atoms with Crippen LogP contribution < -0.4 is 15.4 Å². The van der Waals surface area contributed by atoms with E-state index in [1.165, 1.54) is 0 Å². The van der Waals surface area contributed by atoms with Crippen molar-refractivity contribution in [2.45, 2.75) is 31.5 Å². The van der Waals surface area contributed by atoms with E-state index in [1.807, 2.05) is 54.6 Å². The second-order valence-electron chi connectivity index (χ2n) is 5.98. The van der Waals surface area contributed by atoms with Crippen molar-refractivity contribution < 1.29 is 19.4 Å². The maximum atomic E-state index is 12.2. The lowest BCUT2D eigenvalue weighted by atomic mass is 10.1. The average molecular weight is 340 g/mol. The molecule has 3 N–H and O–H groups in total. The highest BCUT2D eigenvalue weighted by Crippen LogP contribution is 2.17. The van der Waals surface area contributed by atoms with Gasteiger partial charge in [-0.2, -0.15) is 0 Å². The lowest BCUT2D eigenvalue weighted by Crippen LogP contribution is -2.41. The van der Waals surface area contributed by atoms with E-state index < -0.39 is 18.1 Å². The molecule has 1 fully saturated rings. The summed E-state index contributed by atoms with van der Waals surface area (Å²) in [5.41, 5.74) is 1.67. The Labute approximate surface area is 145 Å². The van der Waals surface area contributed by atoms with Crippen LogP contribution in [0.4, 0.5) is 5.69 Å². The molecule has 0 radical (unpaired) electrons. The molecule has 0 bridgehead atoms. The van der Waals surface area contributed by atoms with Gasteiger partial charge >= 0.3 is 5.97 Å². The van der Waals surface area contributed by atoms with Crippen LogP contribution in [0.25, 0.3) is 0 Å². The molecule has 0 saturated carbocycles. The molecular formula is C19H20N2O4. The van der Waals surface area contributed by atoms with Gasteiger partial charge in [0.15, 0.2) is 0 Å². The topological polar surface area (TPSA) is 87.7 Å². The van der Waals surface area contributed by atoms with Crippen LogP contribution in [0, 0.1) is 0 Å². The average Bonchev–Trinajstić information content (AvgIpc) is 3.13. The van der Waals surface area contributed by atoms with Crippen LogP contribution in [0.3, 0.4) is 0 Å². The first-order valence-corrected chi connectivity index (χ1v) is 8.18. The van der Waals surface area contributed by atoms with E-state index in [9.17, 15) is 9.59 Å². The third-order valence-electron chi connectivity index (χ3n) is 4.13. The monoisotopic (exact) mass is 340 g/mol. The first-order chi connectivity index (χ1) is 12.1. The summed E-state index contributed by atoms with van der Waals surface area (Å²) in [6.45, 7) is 0.447. The van der Waals surface area contributed by atoms with Crippen molar-refractivity contribution in [3.63, 3.8) is 0 Å². The minimum absolute atomic E-state index is 0.211. The number of ether oxygens (including phenoxy) is 1. The van der Waals surface area contributed by atoms with E-state index in [0.29, 0.717) is 25.1 Å². The summed E-state index contributed by atoms with van der Waals surface area (Å²) in [6.07, 6.45) is 0.981. The Morgan fingerprint density at radius 1 is 1.04 bits per heavy atom. The molecule has 130 valence electrons. The molecule has 1 aliphatic heterocycles. The SMILES string of the molecule is O=C(O)[C@@H]1CC[C@H](C(=O)Nc2ccc(COc3ccccc3)cc2)N1. The Balaban J connectivity index is 1.50. The normalized spacial score (nSPS) is 19.4. The van der Waals surface area contributed by atoms with Crippen molar-refractivity contribution >= 4 is 17.6 Å². The van der Waals surface area contributed by atoms with Crippen molar-refractivity contribution in [1.29, 1.82) is 0 Å². The number of rotatable bonds is 6. The van der Waals surface area contributed by atoms with Gasteiger partial charge in [-0.25, -0.2) is 0 Å². The highest BCUT2D eigenvalue weighted by Gasteiger charge is 2.32. The maximum Gasteiger partial charge on any atom is 0.320 e. The number of hydrogen-bond donors (Lipinski definition) is 3. The predicted octanol–water partition coefficient (Wildman–Crippen LogP) is 2.41. The summed E-state index contributed by atoms with van der Waals surface area (Å²) in [7, 11) is 0. The van der Waals surface area contributed by atoms with Crippen LogP contribution >= 0.6 is 0 Å². The molecule has 6 heteroatoms. The van der Waals surface area contributed by atoms with Crippen LogP contribution in [-0.2, 0) is 16.2 Å². The largest absolute Gasteiger partial charge is 0.489 e. The Morgan fingerprint density at radius 3 is 2.36 bits per heavy atom. The van der Waals surface area contributed by atoms with Crippen LogP contribution in [0.1, 0.15) is 18.4 Å². The summed E-state index contributed by atoms with van der Waals surface area (Å²) in [5.74, 6) is -0.324. The fourth-order valence-corrected chi connectivity index (χ4v) is 2.74. The van der Waals surface area contributed by atoms with E-state index >= 15 is 0 Å². The van der Waals surface area contributed by atoms with Crippen molar-refractivity contribution in [2.75, 3.05) is 5.32 Å². The standard InChI is InChI=1S/C19H20N2O4/c22-18(16-10-11-17(21-16)19(23)24)20-14-8-6-13(7-9-14)12-25-15-4-2-1-3-5-15/h1-9,16-17,21H,10-12H2,(H,20,22)(H,23,24)/t16-,17+/m1/s1. The second kappa shape index (κ2) is 7.81. The Hall–Kier alpha value is -2.86. The molecule has 0 unspecified atom stereocenters. The quantitative estimate of drug-likeness (QED) is 0.752. The number of hydrogen-bond acceptors (Lipinski definition) is 4. The lowest BCUT2D eigenvalue weighted by Gasteiger charge is -2.13. The zero-order chi connectivity index (χ0) is 17.6. The van der Waals surface area contributed by atoms with E-state index in [-0.39, 0.29) is 5.91 Å². The summed E-state index contributed by atoms with van der Waals surface area (Å²) < 4.78 is 5.68. The molecule has 2 aromatic carbocycles. The number of nitrogens with one attached hydrogen (secondary N) is 2. The van der Waals surface area contributed by atoms with Crippen LogP contribution in [-0.4, -0.2) is 29.1 Å². The van der Waals surface area contributed by atoms with E-state index in [4.69, 9.17) is 9.84 Å². The number of carbonyl (C=O) groups is 2. The number of para-hydroxylation sites is 1. The van der Waals surface area contributed by atoms with E-state index in [0.717, 1.165) is 11.3 Å². The molecule has 0 aromatic heterocycles. The van der Waals surface area contributed by atoms with E-state index in [1.54, 1.807) is 0 Å². The van der Waals surface area contributed by atoms with Gasteiger partial charge in [-0.1, -0.05) is 30.3 Å². The molecule has 2 atom stereocenters. The van der Waals surface area contributed by atoms with Gasteiger partial charge in [0, 0.05) is 5.69 Å². The van der Waals surface area contributed by atoms with Gasteiger partial charge in [-0.05, 0) is 42.7 Å². The number of benzene rings is 2. The summed E-state index contributed by atoms with van der Waals surface area (Å²) in [4.78, 5) is 23.1. The predicted molar refractivity (Wildman–Crippen MR) is 93.4 cm³/mol. The number of aliphatic carboxylic acids is 1. The van der Waals surface area contributed by atoms with Gasteiger partial charge in [-0.3, -0.25) is 14.9 Å². The minimum Gasteiger partial charge on any atom is -0.489 e. The van der Waals surface area contributed by atoms with Crippen molar-refractivity contribution in [3.8, 4) is 5.75 Å². The first-order valence-electron chi connectivity index (χ1n) is 8.18. The highest BCUT2D eigenvalue weighted by molar-refractivity contribution is 5.95. The molecule has 2 aromatic rings. The molecule has 1 saturated heterocycles. The third kappa shape index (κ3) is 4.58.